The van der Waals surface area contributed by atoms with E-state index >= 15 is 0 Å². The Balaban J connectivity index is 0. The molecule has 3 aromatic carbocycles. The number of anilines is 1. The number of nitrogens with zero attached hydrogens (tertiary/aromatic N) is 3. The number of nitrogens with two attached hydrogens (primary N) is 3. The fourth-order valence-corrected chi connectivity index (χ4v) is 2.91. The lowest BCUT2D eigenvalue weighted by molar-refractivity contribution is 0.100. The second-order valence-corrected chi connectivity index (χ2v) is 6.87. The summed E-state index contributed by atoms with van der Waals surface area (Å²) in [4.78, 5) is 24.2. The van der Waals surface area contributed by atoms with E-state index in [1.165, 1.54) is 0 Å². The van der Waals surface area contributed by atoms with Gasteiger partial charge in [0.15, 0.2) is 0 Å². The average molecular weight is 573 g/mol. The highest BCUT2D eigenvalue weighted by molar-refractivity contribution is 6.10. The SMILES string of the molecule is CN=C(N)c1ccc(N=C(Nc2ccc(C(N)=NC)cc2)c2ccc(C(N)=O)cc2)cc1.Cl.Cl.Cl.Cl. The number of carbonyl (C=O) groups excluding carboxylic acids is 1. The Hall–Kier alpha value is -3.30. The van der Waals surface area contributed by atoms with Gasteiger partial charge in [0.25, 0.3) is 0 Å². The smallest absolute Gasteiger partial charge is 0.248 e. The third-order valence-corrected chi connectivity index (χ3v) is 4.77. The Morgan fingerprint density at radius 3 is 1.42 bits per heavy atom. The lowest BCUT2D eigenvalue weighted by Crippen LogP contribution is -2.16. The summed E-state index contributed by atoms with van der Waals surface area (Å²) in [5.74, 6) is 1.02. The zero-order chi connectivity index (χ0) is 23.1. The summed E-state index contributed by atoms with van der Waals surface area (Å²) in [6.45, 7) is 0. The summed E-state index contributed by atoms with van der Waals surface area (Å²) in [5.41, 5.74) is 21.5. The molecular formula is C24H29Cl4N7O. The van der Waals surface area contributed by atoms with Gasteiger partial charge in [0.05, 0.1) is 5.69 Å². The molecule has 3 aromatic rings. The fraction of sp³-hybridized carbons (Fsp3) is 0.0833. The molecule has 0 aliphatic rings. The van der Waals surface area contributed by atoms with Crippen molar-refractivity contribution in [2.45, 2.75) is 0 Å². The number of primary amides is 1. The zero-order valence-electron chi connectivity index (χ0n) is 19.5. The minimum atomic E-state index is -0.487. The average Bonchev–Trinajstić information content (AvgIpc) is 2.83. The molecule has 36 heavy (non-hydrogen) atoms. The molecule has 0 heterocycles. The standard InChI is InChI=1S/C24H25N7O.4ClH/c1-28-21(25)15-7-11-19(12-8-15)30-24(18-5-3-17(4-6-18)23(27)32)31-20-13-9-16(10-14-20)22(26)29-2;;;;/h3-14H,1-2H3,(H2,25,28)(H2,26,29)(H2,27,32)(H,30,31);4*1H. The van der Waals surface area contributed by atoms with Crippen molar-refractivity contribution in [3.63, 3.8) is 0 Å². The minimum absolute atomic E-state index is 0. The number of amidine groups is 3. The first-order valence-corrected chi connectivity index (χ1v) is 9.82. The molecule has 3 rings (SSSR count). The first kappa shape index (κ1) is 34.9. The molecule has 8 nitrogen and oxygen atoms in total. The predicted molar refractivity (Wildman–Crippen MR) is 160 cm³/mol. The summed E-state index contributed by atoms with van der Waals surface area (Å²) < 4.78 is 0. The van der Waals surface area contributed by atoms with Crippen LogP contribution in [0.1, 0.15) is 27.0 Å². The van der Waals surface area contributed by atoms with E-state index in [4.69, 9.17) is 22.2 Å². The molecule has 0 aliphatic heterocycles. The Bertz CT molecular complexity index is 1190. The number of halogens is 4. The summed E-state index contributed by atoms with van der Waals surface area (Å²) in [6, 6.07) is 21.9. The van der Waals surface area contributed by atoms with E-state index in [9.17, 15) is 4.79 Å². The Kier molecular flexibility index (Phi) is 15.9. The van der Waals surface area contributed by atoms with Crippen molar-refractivity contribution in [2.75, 3.05) is 19.4 Å². The highest BCUT2D eigenvalue weighted by atomic mass is 35.5. The molecule has 0 fully saturated rings. The molecule has 0 aliphatic carbocycles. The Labute approximate surface area is 235 Å². The van der Waals surface area contributed by atoms with Crippen LogP contribution < -0.4 is 22.5 Å². The van der Waals surface area contributed by atoms with Gasteiger partial charge in [0.2, 0.25) is 5.91 Å². The molecule has 0 saturated heterocycles. The van der Waals surface area contributed by atoms with Crippen LogP contribution in [0.25, 0.3) is 0 Å². The molecule has 1 amide bonds. The fourth-order valence-electron chi connectivity index (χ4n) is 2.91. The largest absolute Gasteiger partial charge is 0.384 e. The molecule has 194 valence electrons. The molecule has 0 saturated carbocycles. The van der Waals surface area contributed by atoms with Crippen LogP contribution in [0.2, 0.25) is 0 Å². The van der Waals surface area contributed by atoms with Crippen molar-refractivity contribution in [1.29, 1.82) is 0 Å². The van der Waals surface area contributed by atoms with Crippen molar-refractivity contribution in [2.24, 2.45) is 32.2 Å². The second-order valence-electron chi connectivity index (χ2n) is 6.87. The van der Waals surface area contributed by atoms with E-state index < -0.39 is 5.91 Å². The van der Waals surface area contributed by atoms with E-state index in [-0.39, 0.29) is 49.6 Å². The lowest BCUT2D eigenvalue weighted by atomic mass is 10.1. The third-order valence-electron chi connectivity index (χ3n) is 4.77. The third kappa shape index (κ3) is 9.05. The summed E-state index contributed by atoms with van der Waals surface area (Å²) in [5, 5.41) is 3.33. The van der Waals surface area contributed by atoms with E-state index in [0.717, 1.165) is 28.1 Å². The van der Waals surface area contributed by atoms with Crippen LogP contribution >= 0.6 is 49.6 Å². The van der Waals surface area contributed by atoms with Crippen LogP contribution in [0.5, 0.6) is 0 Å². The first-order chi connectivity index (χ1) is 15.4. The highest BCUT2D eigenvalue weighted by Crippen LogP contribution is 2.18. The van der Waals surface area contributed by atoms with Crippen molar-refractivity contribution in [1.82, 2.24) is 0 Å². The van der Waals surface area contributed by atoms with Crippen molar-refractivity contribution in [3.8, 4) is 0 Å². The van der Waals surface area contributed by atoms with Crippen LogP contribution in [0.3, 0.4) is 0 Å². The van der Waals surface area contributed by atoms with Gasteiger partial charge in [-0.2, -0.15) is 0 Å². The second kappa shape index (κ2) is 16.4. The van der Waals surface area contributed by atoms with E-state index in [1.807, 2.05) is 48.5 Å². The predicted octanol–water partition coefficient (Wildman–Crippen LogP) is 4.33. The van der Waals surface area contributed by atoms with Crippen molar-refractivity contribution >= 4 is 84.4 Å². The molecule has 0 radical (unpaired) electrons. The van der Waals surface area contributed by atoms with Gasteiger partial charge in [-0.3, -0.25) is 14.8 Å². The zero-order valence-corrected chi connectivity index (χ0v) is 22.8. The van der Waals surface area contributed by atoms with Crippen LogP contribution in [0, 0.1) is 0 Å². The van der Waals surface area contributed by atoms with Gasteiger partial charge in [-0.25, -0.2) is 4.99 Å². The van der Waals surface area contributed by atoms with Crippen molar-refractivity contribution in [3.05, 3.63) is 95.1 Å². The number of carbonyl (C=O) groups is 1. The number of hydrogen-bond donors (Lipinski definition) is 4. The molecule has 0 bridgehead atoms. The summed E-state index contributed by atoms with van der Waals surface area (Å²) in [7, 11) is 3.29. The molecule has 7 N–H and O–H groups in total. The van der Waals surface area contributed by atoms with E-state index in [1.54, 1.807) is 38.4 Å². The van der Waals surface area contributed by atoms with Gasteiger partial charge >= 0.3 is 0 Å². The minimum Gasteiger partial charge on any atom is -0.384 e. The molecular weight excluding hydrogens is 544 g/mol. The van der Waals surface area contributed by atoms with Gasteiger partial charge in [-0.05, 0) is 60.7 Å². The van der Waals surface area contributed by atoms with Gasteiger partial charge in [0, 0.05) is 42.0 Å². The number of aliphatic imine (C=N–C) groups is 3. The number of rotatable bonds is 6. The maximum Gasteiger partial charge on any atom is 0.248 e. The topological polar surface area (TPSA) is 144 Å². The number of nitrogens with one attached hydrogen (secondary N) is 1. The molecule has 12 heteroatoms. The monoisotopic (exact) mass is 571 g/mol. The van der Waals surface area contributed by atoms with Gasteiger partial charge in [0.1, 0.15) is 17.5 Å². The van der Waals surface area contributed by atoms with Gasteiger partial charge in [-0.1, -0.05) is 12.1 Å². The molecule has 0 aromatic heterocycles. The van der Waals surface area contributed by atoms with Crippen LogP contribution in [-0.2, 0) is 0 Å². The number of amides is 1. The van der Waals surface area contributed by atoms with Crippen molar-refractivity contribution < 1.29 is 4.79 Å². The van der Waals surface area contributed by atoms with E-state index in [2.05, 4.69) is 15.3 Å². The summed E-state index contributed by atoms with van der Waals surface area (Å²) >= 11 is 0. The molecule has 0 unspecified atom stereocenters. The van der Waals surface area contributed by atoms with Crippen LogP contribution in [-0.4, -0.2) is 37.5 Å². The highest BCUT2D eigenvalue weighted by Gasteiger charge is 2.08. The Morgan fingerprint density at radius 2 is 1.00 bits per heavy atom. The number of hydrogen-bond acceptors (Lipinski definition) is 4. The molecule has 0 spiro atoms. The van der Waals surface area contributed by atoms with Gasteiger partial charge < -0.3 is 22.5 Å². The number of benzene rings is 3. The lowest BCUT2D eigenvalue weighted by Gasteiger charge is -2.12. The van der Waals surface area contributed by atoms with Crippen LogP contribution in [0.4, 0.5) is 11.4 Å². The van der Waals surface area contributed by atoms with E-state index in [0.29, 0.717) is 23.1 Å². The normalized spacial score (nSPS) is 11.1. The first-order valence-electron chi connectivity index (χ1n) is 9.82. The molecule has 0 atom stereocenters. The maximum atomic E-state index is 11.4. The maximum absolute atomic E-state index is 11.4. The van der Waals surface area contributed by atoms with Crippen LogP contribution in [0.15, 0.2) is 87.8 Å². The van der Waals surface area contributed by atoms with Gasteiger partial charge in [-0.15, -0.1) is 49.6 Å². The quantitative estimate of drug-likeness (QED) is 0.257. The summed E-state index contributed by atoms with van der Waals surface area (Å²) in [6.07, 6.45) is 0. The Morgan fingerprint density at radius 1 is 0.611 bits per heavy atom.